The number of methoxy groups -OCH3 is 1. The van der Waals surface area contributed by atoms with Crippen molar-refractivity contribution in [2.24, 2.45) is 10.9 Å². The molecule has 5 aliphatic rings. The zero-order valence-corrected chi connectivity index (χ0v) is 23.9. The normalized spacial score (nSPS) is 21.0. The smallest absolute Gasteiger partial charge is 0.212 e. The van der Waals surface area contributed by atoms with Crippen molar-refractivity contribution < 1.29 is 14.2 Å². The lowest BCUT2D eigenvalue weighted by Gasteiger charge is -2.56. The Morgan fingerprint density at radius 1 is 1.00 bits per heavy atom. The Morgan fingerprint density at radius 3 is 2.67 bits per heavy atom. The Labute approximate surface area is 244 Å². The molecular weight excluding hydrogens is 530 g/mol. The Bertz CT molecular complexity index is 1600. The summed E-state index contributed by atoms with van der Waals surface area (Å²) in [5.74, 6) is 3.21. The lowest BCUT2D eigenvalue weighted by molar-refractivity contribution is -0.00876. The summed E-state index contributed by atoms with van der Waals surface area (Å²) >= 11 is 0. The molecule has 4 aromatic heterocycles. The van der Waals surface area contributed by atoms with Gasteiger partial charge < -0.3 is 19.1 Å². The van der Waals surface area contributed by atoms with Crippen molar-refractivity contribution in [3.8, 4) is 22.8 Å². The van der Waals surface area contributed by atoms with E-state index in [1.807, 2.05) is 35.4 Å². The van der Waals surface area contributed by atoms with Crippen molar-refractivity contribution >= 4 is 17.5 Å². The fraction of sp³-hybridized carbons (Fsp3) is 0.438. The molecule has 1 aliphatic carbocycles. The van der Waals surface area contributed by atoms with E-state index >= 15 is 0 Å². The lowest BCUT2D eigenvalue weighted by atomic mass is 9.87. The van der Waals surface area contributed by atoms with Crippen LogP contribution in [0.25, 0.3) is 16.6 Å². The molecule has 2 bridgehead atoms. The number of piperidine rings is 1. The molecule has 1 saturated carbocycles. The van der Waals surface area contributed by atoms with Crippen LogP contribution in [0.15, 0.2) is 53.9 Å². The first-order valence-corrected chi connectivity index (χ1v) is 14.9. The molecule has 2 atom stereocenters. The summed E-state index contributed by atoms with van der Waals surface area (Å²) in [7, 11) is 1.65. The van der Waals surface area contributed by atoms with E-state index in [1.54, 1.807) is 7.11 Å². The third-order valence-electron chi connectivity index (χ3n) is 8.92. The van der Waals surface area contributed by atoms with Crippen molar-refractivity contribution in [2.75, 3.05) is 44.9 Å². The van der Waals surface area contributed by atoms with E-state index < -0.39 is 0 Å². The minimum Gasteiger partial charge on any atom is -0.490 e. The van der Waals surface area contributed by atoms with Crippen LogP contribution in [0.5, 0.6) is 11.6 Å². The maximum absolute atomic E-state index is 6.12. The van der Waals surface area contributed by atoms with Gasteiger partial charge in [-0.3, -0.25) is 9.89 Å². The van der Waals surface area contributed by atoms with E-state index in [4.69, 9.17) is 24.3 Å². The standard InChI is InChI=1S/C32H35N7O3/c1-40-31-7-4-22(12-35-31)16-38-24-10-25(38)18-37(17-24)30-6-5-23(13-34-30)27-11-26(42-9-8-41-20-21-2-3-21)19-39-32(27)28-14-33-15-29(28)36-39/h4-7,11-14,19,21,24-25H,2-3,8-10,15-18,20H2,1H3. The monoisotopic (exact) mass is 565 g/mol. The summed E-state index contributed by atoms with van der Waals surface area (Å²) in [5.41, 5.74) is 6.43. The lowest BCUT2D eigenvalue weighted by Crippen LogP contribution is -2.68. The molecule has 0 radical (unpaired) electrons. The van der Waals surface area contributed by atoms with Crippen LogP contribution in [0.3, 0.4) is 0 Å². The van der Waals surface area contributed by atoms with Crippen LogP contribution in [0.4, 0.5) is 5.82 Å². The Morgan fingerprint density at radius 2 is 1.90 bits per heavy atom. The predicted molar refractivity (Wildman–Crippen MR) is 159 cm³/mol. The average molecular weight is 566 g/mol. The first-order chi connectivity index (χ1) is 20.7. The SMILES string of the molecule is COc1ccc(CN2C3CC2CN(c2ccc(-c4cc(OCCOCC5CC5)cn5nc6c(c45)C=NC6)cn2)C3)cn1. The highest BCUT2D eigenvalue weighted by atomic mass is 16.5. The van der Waals surface area contributed by atoms with Gasteiger partial charge in [-0.15, -0.1) is 0 Å². The van der Waals surface area contributed by atoms with Gasteiger partial charge in [-0.1, -0.05) is 6.07 Å². The molecule has 42 heavy (non-hydrogen) atoms. The second-order valence-corrected chi connectivity index (χ2v) is 11.8. The van der Waals surface area contributed by atoms with Gasteiger partial charge in [-0.05, 0) is 48.9 Å². The number of anilines is 1. The van der Waals surface area contributed by atoms with Crippen molar-refractivity contribution in [2.45, 2.75) is 44.4 Å². The summed E-state index contributed by atoms with van der Waals surface area (Å²) in [4.78, 5) is 18.8. The quantitative estimate of drug-likeness (QED) is 0.252. The van der Waals surface area contributed by atoms with Crippen molar-refractivity contribution in [3.05, 3.63) is 65.7 Å². The molecule has 3 saturated heterocycles. The van der Waals surface area contributed by atoms with Gasteiger partial charge in [0.1, 0.15) is 18.2 Å². The van der Waals surface area contributed by atoms with Gasteiger partial charge in [-0.25, -0.2) is 14.5 Å². The summed E-state index contributed by atoms with van der Waals surface area (Å²) < 4.78 is 19.0. The average Bonchev–Trinajstić information content (AvgIpc) is 3.64. The second kappa shape index (κ2) is 10.7. The summed E-state index contributed by atoms with van der Waals surface area (Å²) in [6, 6.07) is 11.5. The highest BCUT2D eigenvalue weighted by molar-refractivity contribution is 5.99. The number of hydrogen-bond donors (Lipinski definition) is 0. The zero-order valence-electron chi connectivity index (χ0n) is 23.9. The number of ether oxygens (including phenoxy) is 3. The van der Waals surface area contributed by atoms with Gasteiger partial charge >= 0.3 is 0 Å². The van der Waals surface area contributed by atoms with E-state index in [2.05, 4.69) is 44.0 Å². The number of nitrogens with zero attached hydrogens (tertiary/aromatic N) is 7. The van der Waals surface area contributed by atoms with E-state index in [0.717, 1.165) is 71.6 Å². The molecule has 10 heteroatoms. The van der Waals surface area contributed by atoms with Crippen LogP contribution < -0.4 is 14.4 Å². The van der Waals surface area contributed by atoms with E-state index in [1.165, 1.54) is 24.8 Å². The number of pyridine rings is 3. The fourth-order valence-corrected chi connectivity index (χ4v) is 6.45. The minimum absolute atomic E-state index is 0.514. The number of piperazine rings is 1. The van der Waals surface area contributed by atoms with Crippen LogP contribution in [0, 0.1) is 5.92 Å². The third kappa shape index (κ3) is 4.88. The number of rotatable bonds is 11. The third-order valence-corrected chi connectivity index (χ3v) is 8.92. The van der Waals surface area contributed by atoms with Gasteiger partial charge in [-0.2, -0.15) is 5.10 Å². The van der Waals surface area contributed by atoms with Crippen LogP contribution in [-0.2, 0) is 17.8 Å². The van der Waals surface area contributed by atoms with Crippen LogP contribution >= 0.6 is 0 Å². The van der Waals surface area contributed by atoms with Gasteiger partial charge in [0.25, 0.3) is 0 Å². The molecule has 9 rings (SSSR count). The molecule has 4 aliphatic heterocycles. The number of aliphatic imine (C=N–C) groups is 1. The Hall–Kier alpha value is -4.02. The van der Waals surface area contributed by atoms with Crippen molar-refractivity contribution in [3.63, 3.8) is 0 Å². The Kier molecular flexibility index (Phi) is 6.52. The molecule has 8 heterocycles. The van der Waals surface area contributed by atoms with Crippen LogP contribution in [-0.4, -0.2) is 82.8 Å². The first-order valence-electron chi connectivity index (χ1n) is 14.9. The van der Waals surface area contributed by atoms with Gasteiger partial charge in [0.05, 0.1) is 37.7 Å². The first kappa shape index (κ1) is 25.7. The maximum atomic E-state index is 6.12. The van der Waals surface area contributed by atoms with Crippen molar-refractivity contribution in [1.82, 2.24) is 24.5 Å². The number of aromatic nitrogens is 4. The fourth-order valence-electron chi connectivity index (χ4n) is 6.45. The summed E-state index contributed by atoms with van der Waals surface area (Å²) in [6.07, 6.45) is 11.6. The predicted octanol–water partition coefficient (Wildman–Crippen LogP) is 4.00. The highest BCUT2D eigenvalue weighted by Crippen LogP contribution is 2.37. The number of fused-ring (bicyclic) bond motifs is 5. The zero-order chi connectivity index (χ0) is 28.0. The van der Waals surface area contributed by atoms with E-state index in [-0.39, 0.29) is 0 Å². The second-order valence-electron chi connectivity index (χ2n) is 11.8. The van der Waals surface area contributed by atoms with Gasteiger partial charge in [0.15, 0.2) is 0 Å². The molecule has 0 spiro atoms. The molecule has 4 fully saturated rings. The topological polar surface area (TPSA) is 89.6 Å². The van der Waals surface area contributed by atoms with Crippen molar-refractivity contribution in [1.29, 1.82) is 0 Å². The van der Waals surface area contributed by atoms with E-state index in [0.29, 0.717) is 37.7 Å². The number of hydrogen-bond acceptors (Lipinski definition) is 9. The molecule has 10 nitrogen and oxygen atoms in total. The highest BCUT2D eigenvalue weighted by Gasteiger charge is 2.44. The molecule has 0 amide bonds. The van der Waals surface area contributed by atoms with Crippen LogP contribution in [0.2, 0.25) is 0 Å². The van der Waals surface area contributed by atoms with Gasteiger partial charge in [0, 0.05) is 79.7 Å². The minimum atomic E-state index is 0.514. The Balaban J connectivity index is 0.976. The van der Waals surface area contributed by atoms with Crippen LogP contribution in [0.1, 0.15) is 36.1 Å². The summed E-state index contributed by atoms with van der Waals surface area (Å²) in [5, 5.41) is 4.80. The van der Waals surface area contributed by atoms with E-state index in [9.17, 15) is 0 Å². The molecule has 0 aromatic carbocycles. The largest absolute Gasteiger partial charge is 0.490 e. The van der Waals surface area contributed by atoms with Gasteiger partial charge in [0.2, 0.25) is 5.88 Å². The summed E-state index contributed by atoms with van der Waals surface area (Å²) in [6.45, 7) is 5.45. The molecule has 4 aromatic rings. The molecule has 2 unspecified atom stereocenters. The molecular formula is C32H35N7O3. The molecule has 0 N–H and O–H groups in total. The maximum Gasteiger partial charge on any atom is 0.212 e. The molecule has 216 valence electrons.